The summed E-state index contributed by atoms with van der Waals surface area (Å²) in [6.07, 6.45) is 0.349. The summed E-state index contributed by atoms with van der Waals surface area (Å²) >= 11 is 0. The number of aliphatic hydroxyl groups is 2. The number of hydrogen-bond acceptors (Lipinski definition) is 10. The smallest absolute Gasteiger partial charge is 0.233 e. The van der Waals surface area contributed by atoms with Gasteiger partial charge in [-0.05, 0) is 64.1 Å². The Kier molecular flexibility index (Phi) is 6.75. The molecule has 0 saturated heterocycles. The monoisotopic (exact) mass is 563 g/mol. The number of benzene rings is 2. The molecule has 5 unspecified atom stereocenters. The number of anilines is 1. The Labute approximate surface area is 238 Å². The molecule has 2 fully saturated rings. The van der Waals surface area contributed by atoms with Crippen molar-refractivity contribution in [2.75, 3.05) is 47.2 Å². The number of aliphatic hydroxyl groups excluding tert-OH is 1. The van der Waals surface area contributed by atoms with Gasteiger partial charge in [0.1, 0.15) is 17.4 Å². The lowest BCUT2D eigenvalue weighted by Gasteiger charge is -2.52. The van der Waals surface area contributed by atoms with E-state index in [0.29, 0.717) is 17.5 Å². The number of nitrogens with zero attached hydrogens (tertiary/aromatic N) is 3. The maximum Gasteiger partial charge on any atom is 0.233 e. The van der Waals surface area contributed by atoms with Gasteiger partial charge in [0, 0.05) is 48.6 Å². The van der Waals surface area contributed by atoms with E-state index in [-0.39, 0.29) is 29.7 Å². The first-order valence-corrected chi connectivity index (χ1v) is 13.5. The molecule has 0 aromatic heterocycles. The molecule has 3 aliphatic carbocycles. The topological polar surface area (TPSA) is 171 Å². The van der Waals surface area contributed by atoms with Crippen LogP contribution >= 0.6 is 0 Å². The molecule has 2 aromatic rings. The molecular weight excluding hydrogens is 526 g/mol. The molecule has 0 aliphatic heterocycles. The first-order valence-electron chi connectivity index (χ1n) is 13.5. The Morgan fingerprint density at radius 1 is 1.10 bits per heavy atom. The highest BCUT2D eigenvalue weighted by atomic mass is 16.3. The number of primary amides is 1. The zero-order valence-corrected chi connectivity index (χ0v) is 24.1. The number of likely N-dealkylation sites (N-methyl/N-ethyl adjacent to an activating group) is 1. The third-order valence-corrected chi connectivity index (χ3v) is 8.88. The summed E-state index contributed by atoms with van der Waals surface area (Å²) in [7, 11) is 10.8. The molecule has 0 spiro atoms. The Hall–Kier alpha value is -3.80. The van der Waals surface area contributed by atoms with Crippen LogP contribution in [0, 0.1) is 23.2 Å². The van der Waals surface area contributed by atoms with E-state index >= 15 is 0 Å². The van der Waals surface area contributed by atoms with Crippen molar-refractivity contribution in [3.63, 3.8) is 0 Å². The molecule has 0 bridgehead atoms. The Balaban J connectivity index is 1.76. The van der Waals surface area contributed by atoms with Crippen LogP contribution in [0.1, 0.15) is 23.1 Å². The molecule has 218 valence electrons. The van der Waals surface area contributed by atoms with Crippen molar-refractivity contribution in [1.29, 1.82) is 5.41 Å². The molecule has 5 atom stereocenters. The summed E-state index contributed by atoms with van der Waals surface area (Å²) in [5.74, 6) is -6.73. The summed E-state index contributed by atoms with van der Waals surface area (Å²) in [6, 6.07) is 4.74. The number of carbonyl (C=O) groups is 3. The lowest BCUT2D eigenvalue weighted by molar-refractivity contribution is -0.149. The fraction of sp³-hybridized carbons (Fsp3) is 0.467. The quantitative estimate of drug-likeness (QED) is 0.334. The second kappa shape index (κ2) is 9.64. The average Bonchev–Trinajstić information content (AvgIpc) is 2.85. The van der Waals surface area contributed by atoms with Crippen LogP contribution in [0.25, 0.3) is 16.5 Å². The van der Waals surface area contributed by atoms with Crippen molar-refractivity contribution in [3.8, 4) is 5.75 Å². The molecule has 1 amide bonds. The number of hydrogen-bond donors (Lipinski definition) is 5. The van der Waals surface area contributed by atoms with Crippen LogP contribution < -0.4 is 10.6 Å². The van der Waals surface area contributed by atoms with E-state index in [0.717, 1.165) is 16.6 Å². The number of ketones is 2. The first kappa shape index (κ1) is 28.7. The highest BCUT2D eigenvalue weighted by Gasteiger charge is 2.66. The highest BCUT2D eigenvalue weighted by Crippen LogP contribution is 2.54. The Morgan fingerprint density at radius 2 is 1.76 bits per heavy atom. The number of fused-ring (bicyclic) bond motifs is 4. The SMILES string of the molecule is CN(C)Cc1ccc2c(N(C)C)c3c(c(O)c2c1)C(O)=C1C(=O)C2(O)C(=N)C(C(N)=O)C(=O)C(N(C)C)C2CC1C3. The van der Waals surface area contributed by atoms with Gasteiger partial charge >= 0.3 is 0 Å². The maximum absolute atomic E-state index is 14.2. The highest BCUT2D eigenvalue weighted by molar-refractivity contribution is 6.33. The van der Waals surface area contributed by atoms with E-state index in [1.807, 2.05) is 56.2 Å². The van der Waals surface area contributed by atoms with Crippen molar-refractivity contribution in [2.45, 2.75) is 31.0 Å². The minimum Gasteiger partial charge on any atom is -0.507 e. The second-order valence-corrected chi connectivity index (χ2v) is 12.2. The number of phenols is 1. The minimum absolute atomic E-state index is 0.0942. The molecule has 2 aromatic carbocycles. The molecule has 41 heavy (non-hydrogen) atoms. The van der Waals surface area contributed by atoms with Gasteiger partial charge in [-0.15, -0.1) is 0 Å². The van der Waals surface area contributed by atoms with Crippen molar-refractivity contribution in [1.82, 2.24) is 9.80 Å². The van der Waals surface area contributed by atoms with Crippen LogP contribution in [-0.2, 0) is 27.3 Å². The normalized spacial score (nSPS) is 27.8. The second-order valence-electron chi connectivity index (χ2n) is 12.2. The van der Waals surface area contributed by atoms with E-state index in [1.165, 1.54) is 4.90 Å². The van der Waals surface area contributed by atoms with Crippen molar-refractivity contribution >= 4 is 45.4 Å². The zero-order valence-electron chi connectivity index (χ0n) is 24.1. The third-order valence-electron chi connectivity index (χ3n) is 8.88. The fourth-order valence-electron chi connectivity index (χ4n) is 7.31. The number of amides is 1. The van der Waals surface area contributed by atoms with E-state index in [2.05, 4.69) is 0 Å². The zero-order chi connectivity index (χ0) is 30.3. The number of Topliss-reactive ketones (excluding diaryl/α,β-unsaturated/α-hetero) is 2. The molecule has 0 radical (unpaired) electrons. The molecule has 11 nitrogen and oxygen atoms in total. The summed E-state index contributed by atoms with van der Waals surface area (Å²) in [5, 5.41) is 45.1. The van der Waals surface area contributed by atoms with Gasteiger partial charge in [0.15, 0.2) is 11.4 Å². The van der Waals surface area contributed by atoms with Crippen LogP contribution in [-0.4, -0.2) is 102 Å². The molecular formula is C30H37N5O6. The predicted octanol–water partition coefficient (Wildman–Crippen LogP) is 1.07. The maximum atomic E-state index is 14.2. The number of phenolic OH excluding ortho intramolecular Hbond substituents is 1. The van der Waals surface area contributed by atoms with E-state index in [1.54, 1.807) is 14.1 Å². The van der Waals surface area contributed by atoms with Crippen LogP contribution in [0.3, 0.4) is 0 Å². The number of nitrogens with two attached hydrogens (primary N) is 1. The lowest BCUT2D eigenvalue weighted by Crippen LogP contribution is -2.72. The van der Waals surface area contributed by atoms with Gasteiger partial charge in [0.2, 0.25) is 11.7 Å². The standard InChI is InChI=1S/C30H37N5O6/c1-33(2)12-13-7-8-15-16(9-13)24(36)20-17(22(15)34(3)4)10-14-11-18-23(35(5)6)26(38)21(29(32)40)27(31)30(18,41)28(39)19(14)25(20)37/h7-9,14,18,21,23,31,36-37,41H,10-12H2,1-6H3,(H2,32,40). The van der Waals surface area contributed by atoms with Gasteiger partial charge in [-0.1, -0.05) is 12.1 Å². The number of carbonyl (C=O) groups excluding carboxylic acids is 3. The first-order chi connectivity index (χ1) is 19.1. The van der Waals surface area contributed by atoms with Gasteiger partial charge in [0.05, 0.1) is 17.3 Å². The number of nitrogens with one attached hydrogen (secondary N) is 1. The predicted molar refractivity (Wildman–Crippen MR) is 155 cm³/mol. The summed E-state index contributed by atoms with van der Waals surface area (Å²) in [6.45, 7) is 0.626. The summed E-state index contributed by atoms with van der Waals surface area (Å²) < 4.78 is 0. The largest absolute Gasteiger partial charge is 0.507 e. The fourth-order valence-corrected chi connectivity index (χ4v) is 7.31. The Morgan fingerprint density at radius 3 is 2.32 bits per heavy atom. The van der Waals surface area contributed by atoms with E-state index in [9.17, 15) is 29.7 Å². The lowest BCUT2D eigenvalue weighted by atomic mass is 9.54. The van der Waals surface area contributed by atoms with Gasteiger partial charge < -0.3 is 36.3 Å². The van der Waals surface area contributed by atoms with Crippen molar-refractivity contribution in [2.24, 2.45) is 23.5 Å². The third kappa shape index (κ3) is 3.98. The van der Waals surface area contributed by atoms with Gasteiger partial charge in [0.25, 0.3) is 0 Å². The van der Waals surface area contributed by atoms with Crippen LogP contribution in [0.2, 0.25) is 0 Å². The van der Waals surface area contributed by atoms with E-state index in [4.69, 9.17) is 11.1 Å². The van der Waals surface area contributed by atoms with E-state index < -0.39 is 58.3 Å². The van der Waals surface area contributed by atoms with Gasteiger partial charge in [-0.25, -0.2) is 0 Å². The summed E-state index contributed by atoms with van der Waals surface area (Å²) in [4.78, 5) is 45.2. The van der Waals surface area contributed by atoms with Crippen LogP contribution in [0.5, 0.6) is 5.75 Å². The van der Waals surface area contributed by atoms with Crippen LogP contribution in [0.15, 0.2) is 23.8 Å². The number of aromatic hydroxyl groups is 1. The van der Waals surface area contributed by atoms with Crippen LogP contribution in [0.4, 0.5) is 5.69 Å². The van der Waals surface area contributed by atoms with Gasteiger partial charge in [-0.3, -0.25) is 19.3 Å². The van der Waals surface area contributed by atoms with Gasteiger partial charge in [-0.2, -0.15) is 0 Å². The summed E-state index contributed by atoms with van der Waals surface area (Å²) in [5.41, 5.74) is 4.57. The molecule has 11 heteroatoms. The van der Waals surface area contributed by atoms with Crippen molar-refractivity contribution < 1.29 is 29.7 Å². The molecule has 3 aliphatic rings. The molecule has 6 N–H and O–H groups in total. The average molecular weight is 564 g/mol. The Bertz CT molecular complexity index is 1560. The van der Waals surface area contributed by atoms with Crippen molar-refractivity contribution in [3.05, 3.63) is 40.5 Å². The minimum atomic E-state index is -2.52. The number of rotatable bonds is 5. The molecule has 2 saturated carbocycles. The molecule has 5 rings (SSSR count). The molecule has 0 heterocycles.